The smallest absolute Gasteiger partial charge is 0.338 e. The lowest BCUT2D eigenvalue weighted by Crippen LogP contribution is -2.37. The van der Waals surface area contributed by atoms with Crippen LogP contribution in [0.15, 0.2) is 48.5 Å². The first kappa shape index (κ1) is 17.8. The lowest BCUT2D eigenvalue weighted by atomic mass is 9.94. The predicted molar refractivity (Wildman–Crippen MR) is 98.6 cm³/mol. The maximum atomic E-state index is 12.3. The quantitative estimate of drug-likeness (QED) is 0.645. The standard InChI is InChI=1S/C20H22N2O4/c21-15-9-5-13(6-10-15)19(23)25-17-3-1-2-4-18(17)26-20(24)14-7-11-16(22)12-8-14/h5-12,17-18H,1-4,21-22H2/t17-,18-/m0/s1. The van der Waals surface area contributed by atoms with E-state index in [1.165, 1.54) is 0 Å². The van der Waals surface area contributed by atoms with Crippen LogP contribution in [0, 0.1) is 0 Å². The van der Waals surface area contributed by atoms with Crippen LogP contribution in [0.1, 0.15) is 46.4 Å². The van der Waals surface area contributed by atoms with Crippen LogP contribution in [0.2, 0.25) is 0 Å². The number of anilines is 2. The second-order valence-electron chi connectivity index (χ2n) is 6.42. The van der Waals surface area contributed by atoms with Crippen molar-refractivity contribution in [1.29, 1.82) is 0 Å². The van der Waals surface area contributed by atoms with Crippen LogP contribution < -0.4 is 11.5 Å². The molecular formula is C20H22N2O4. The summed E-state index contributed by atoms with van der Waals surface area (Å²) in [4.78, 5) is 24.7. The summed E-state index contributed by atoms with van der Waals surface area (Å²) in [6.45, 7) is 0. The van der Waals surface area contributed by atoms with Gasteiger partial charge in [-0.05, 0) is 74.2 Å². The van der Waals surface area contributed by atoms with Crippen LogP contribution in [0.5, 0.6) is 0 Å². The number of hydrogen-bond donors (Lipinski definition) is 2. The number of nitrogens with two attached hydrogens (primary N) is 2. The largest absolute Gasteiger partial charge is 0.455 e. The fraction of sp³-hybridized carbons (Fsp3) is 0.300. The van der Waals surface area contributed by atoms with E-state index in [-0.39, 0.29) is 0 Å². The van der Waals surface area contributed by atoms with Gasteiger partial charge in [0.25, 0.3) is 0 Å². The Labute approximate surface area is 152 Å². The minimum absolute atomic E-state index is 0.424. The molecule has 2 atom stereocenters. The summed E-state index contributed by atoms with van der Waals surface area (Å²) in [5, 5.41) is 0. The molecule has 0 radical (unpaired) electrons. The van der Waals surface area contributed by atoms with E-state index in [0.29, 0.717) is 35.3 Å². The number of rotatable bonds is 4. The number of ether oxygens (including phenoxy) is 2. The van der Waals surface area contributed by atoms with Gasteiger partial charge >= 0.3 is 11.9 Å². The Morgan fingerprint density at radius 3 is 1.38 bits per heavy atom. The first-order valence-corrected chi connectivity index (χ1v) is 8.66. The highest BCUT2D eigenvalue weighted by Crippen LogP contribution is 2.26. The minimum atomic E-state index is -0.452. The maximum Gasteiger partial charge on any atom is 0.338 e. The molecule has 1 fully saturated rings. The van der Waals surface area contributed by atoms with Crippen LogP contribution in [-0.2, 0) is 9.47 Å². The fourth-order valence-corrected chi connectivity index (χ4v) is 2.98. The predicted octanol–water partition coefficient (Wildman–Crippen LogP) is 3.18. The molecule has 0 aromatic heterocycles. The first-order chi connectivity index (χ1) is 12.5. The molecule has 6 nitrogen and oxygen atoms in total. The molecule has 0 saturated heterocycles. The van der Waals surface area contributed by atoms with Crippen molar-refractivity contribution in [2.75, 3.05) is 11.5 Å². The van der Waals surface area contributed by atoms with E-state index in [1.807, 2.05) is 0 Å². The highest BCUT2D eigenvalue weighted by Gasteiger charge is 2.32. The van der Waals surface area contributed by atoms with E-state index in [9.17, 15) is 9.59 Å². The van der Waals surface area contributed by atoms with E-state index in [1.54, 1.807) is 48.5 Å². The van der Waals surface area contributed by atoms with Crippen LogP contribution in [0.25, 0.3) is 0 Å². The van der Waals surface area contributed by atoms with Gasteiger partial charge < -0.3 is 20.9 Å². The monoisotopic (exact) mass is 354 g/mol. The van der Waals surface area contributed by atoms with Gasteiger partial charge in [-0.2, -0.15) is 0 Å². The second-order valence-corrected chi connectivity index (χ2v) is 6.42. The molecular weight excluding hydrogens is 332 g/mol. The molecule has 1 aliphatic rings. The van der Waals surface area contributed by atoms with Crippen molar-refractivity contribution in [2.24, 2.45) is 0 Å². The van der Waals surface area contributed by atoms with Crippen LogP contribution in [0.4, 0.5) is 11.4 Å². The Kier molecular flexibility index (Phi) is 5.41. The lowest BCUT2D eigenvalue weighted by Gasteiger charge is -2.30. The molecule has 0 spiro atoms. The van der Waals surface area contributed by atoms with Crippen molar-refractivity contribution >= 4 is 23.3 Å². The Balaban J connectivity index is 1.65. The number of esters is 2. The van der Waals surface area contributed by atoms with Crippen molar-refractivity contribution in [3.05, 3.63) is 59.7 Å². The zero-order valence-electron chi connectivity index (χ0n) is 14.4. The van der Waals surface area contributed by atoms with Gasteiger partial charge in [0.1, 0.15) is 12.2 Å². The average molecular weight is 354 g/mol. The molecule has 1 saturated carbocycles. The Morgan fingerprint density at radius 1 is 0.692 bits per heavy atom. The fourth-order valence-electron chi connectivity index (χ4n) is 2.98. The Morgan fingerprint density at radius 2 is 1.04 bits per heavy atom. The van der Waals surface area contributed by atoms with Gasteiger partial charge in [0.2, 0.25) is 0 Å². The molecule has 0 amide bonds. The second kappa shape index (κ2) is 7.91. The van der Waals surface area contributed by atoms with Crippen molar-refractivity contribution in [1.82, 2.24) is 0 Å². The normalized spacial score (nSPS) is 19.5. The third-order valence-electron chi connectivity index (χ3n) is 4.45. The molecule has 136 valence electrons. The molecule has 3 rings (SSSR count). The molecule has 0 unspecified atom stereocenters. The van der Waals surface area contributed by atoms with Crippen molar-refractivity contribution < 1.29 is 19.1 Å². The van der Waals surface area contributed by atoms with Gasteiger partial charge in [0, 0.05) is 11.4 Å². The SMILES string of the molecule is Nc1ccc(C(=O)O[C@H]2CCCC[C@@H]2OC(=O)c2ccc(N)cc2)cc1. The maximum absolute atomic E-state index is 12.3. The van der Waals surface area contributed by atoms with Gasteiger partial charge in [-0.3, -0.25) is 0 Å². The summed E-state index contributed by atoms with van der Waals surface area (Å²) in [6, 6.07) is 13.1. The van der Waals surface area contributed by atoms with Crippen LogP contribution >= 0.6 is 0 Å². The third-order valence-corrected chi connectivity index (χ3v) is 4.45. The summed E-state index contributed by atoms with van der Waals surface area (Å²) >= 11 is 0. The van der Waals surface area contributed by atoms with Gasteiger partial charge in [0.15, 0.2) is 0 Å². The molecule has 0 bridgehead atoms. The minimum Gasteiger partial charge on any atom is -0.455 e. The van der Waals surface area contributed by atoms with E-state index in [2.05, 4.69) is 0 Å². The molecule has 26 heavy (non-hydrogen) atoms. The van der Waals surface area contributed by atoms with Gasteiger partial charge in [-0.1, -0.05) is 0 Å². The Hall–Kier alpha value is -3.02. The van der Waals surface area contributed by atoms with E-state index in [4.69, 9.17) is 20.9 Å². The van der Waals surface area contributed by atoms with E-state index < -0.39 is 24.1 Å². The highest BCUT2D eigenvalue weighted by atomic mass is 16.6. The van der Waals surface area contributed by atoms with E-state index >= 15 is 0 Å². The van der Waals surface area contributed by atoms with Gasteiger partial charge in [-0.25, -0.2) is 9.59 Å². The topological polar surface area (TPSA) is 105 Å². The van der Waals surface area contributed by atoms with Gasteiger partial charge in [0.05, 0.1) is 11.1 Å². The zero-order chi connectivity index (χ0) is 18.5. The summed E-state index contributed by atoms with van der Waals surface area (Å²) < 4.78 is 11.2. The third kappa shape index (κ3) is 4.33. The van der Waals surface area contributed by atoms with Crippen molar-refractivity contribution in [2.45, 2.75) is 37.9 Å². The average Bonchev–Trinajstić information content (AvgIpc) is 2.64. The zero-order valence-corrected chi connectivity index (χ0v) is 14.4. The molecule has 2 aromatic rings. The number of benzene rings is 2. The molecule has 4 N–H and O–H groups in total. The van der Waals surface area contributed by atoms with Crippen molar-refractivity contribution in [3.8, 4) is 0 Å². The summed E-state index contributed by atoms with van der Waals surface area (Å²) in [5.41, 5.74) is 13.3. The molecule has 0 heterocycles. The van der Waals surface area contributed by atoms with Crippen molar-refractivity contribution in [3.63, 3.8) is 0 Å². The summed E-state index contributed by atoms with van der Waals surface area (Å²) in [6.07, 6.45) is 2.28. The number of nitrogen functional groups attached to an aromatic ring is 2. The molecule has 1 aliphatic carbocycles. The lowest BCUT2D eigenvalue weighted by molar-refractivity contribution is -0.0514. The number of hydrogen-bond acceptors (Lipinski definition) is 6. The number of carbonyl (C=O) groups is 2. The first-order valence-electron chi connectivity index (χ1n) is 8.66. The van der Waals surface area contributed by atoms with Crippen LogP contribution in [0.3, 0.4) is 0 Å². The van der Waals surface area contributed by atoms with Gasteiger partial charge in [-0.15, -0.1) is 0 Å². The molecule has 0 aliphatic heterocycles. The molecule has 6 heteroatoms. The number of carbonyl (C=O) groups excluding carboxylic acids is 2. The van der Waals surface area contributed by atoms with E-state index in [0.717, 1.165) is 12.8 Å². The summed E-state index contributed by atoms with van der Waals surface area (Å²) in [5.74, 6) is -0.879. The van der Waals surface area contributed by atoms with Crippen LogP contribution in [-0.4, -0.2) is 24.1 Å². The molecule has 2 aromatic carbocycles. The Bertz CT molecular complexity index is 704. The summed E-state index contributed by atoms with van der Waals surface area (Å²) in [7, 11) is 0. The highest BCUT2D eigenvalue weighted by molar-refractivity contribution is 5.90.